The first-order valence-electron chi connectivity index (χ1n) is 7.35. The summed E-state index contributed by atoms with van der Waals surface area (Å²) in [5.74, 6) is 0.0111. The highest BCUT2D eigenvalue weighted by molar-refractivity contribution is 5.92. The summed E-state index contributed by atoms with van der Waals surface area (Å²) in [7, 11) is 0. The lowest BCUT2D eigenvalue weighted by molar-refractivity contribution is 0.0714. The number of nitrogens with zero attached hydrogens (tertiary/aromatic N) is 6. The van der Waals surface area contributed by atoms with Gasteiger partial charge in [-0.3, -0.25) is 14.2 Å². The monoisotopic (exact) mass is 288 g/mol. The summed E-state index contributed by atoms with van der Waals surface area (Å²) in [6.45, 7) is 5.57. The van der Waals surface area contributed by atoms with Crippen molar-refractivity contribution in [3.63, 3.8) is 0 Å². The molecule has 1 aliphatic rings. The molecule has 7 nitrogen and oxygen atoms in total. The number of aromatic nitrogens is 5. The number of likely N-dealkylation sites (tertiary alicyclic amines) is 1. The third-order valence-electron chi connectivity index (χ3n) is 3.86. The van der Waals surface area contributed by atoms with Crippen LogP contribution in [0.1, 0.15) is 43.2 Å². The summed E-state index contributed by atoms with van der Waals surface area (Å²) in [5, 5.41) is 12.2. The first-order chi connectivity index (χ1) is 10.1. The number of carbonyl (C=O) groups excluding carboxylic acids is 1. The minimum Gasteiger partial charge on any atom is -0.332 e. The molecule has 0 unspecified atom stereocenters. The van der Waals surface area contributed by atoms with Crippen molar-refractivity contribution in [2.24, 2.45) is 0 Å². The van der Waals surface area contributed by atoms with Gasteiger partial charge in [-0.2, -0.15) is 5.10 Å². The molecule has 0 bridgehead atoms. The molecule has 2 aromatic rings. The topological polar surface area (TPSA) is 68.8 Å². The van der Waals surface area contributed by atoms with E-state index in [0.29, 0.717) is 12.2 Å². The van der Waals surface area contributed by atoms with Crippen LogP contribution in [0.3, 0.4) is 0 Å². The van der Waals surface area contributed by atoms with Gasteiger partial charge in [-0.25, -0.2) is 0 Å². The largest absolute Gasteiger partial charge is 0.332 e. The fraction of sp³-hybridized carbons (Fsp3) is 0.571. The van der Waals surface area contributed by atoms with Crippen LogP contribution in [-0.2, 0) is 6.54 Å². The highest BCUT2D eigenvalue weighted by atomic mass is 16.2. The maximum Gasteiger partial charge on any atom is 0.274 e. The van der Waals surface area contributed by atoms with Crippen LogP contribution in [0, 0.1) is 0 Å². The van der Waals surface area contributed by atoms with E-state index in [1.165, 1.54) is 0 Å². The lowest BCUT2D eigenvalue weighted by atomic mass is 10.2. The van der Waals surface area contributed by atoms with Gasteiger partial charge in [-0.15, -0.1) is 5.10 Å². The van der Waals surface area contributed by atoms with E-state index < -0.39 is 0 Å². The molecule has 1 aliphatic heterocycles. The highest BCUT2D eigenvalue weighted by Gasteiger charge is 2.31. The zero-order valence-electron chi connectivity index (χ0n) is 12.4. The van der Waals surface area contributed by atoms with Crippen LogP contribution in [0.5, 0.6) is 0 Å². The molecule has 0 aromatic carbocycles. The maximum absolute atomic E-state index is 12.6. The van der Waals surface area contributed by atoms with E-state index in [1.807, 2.05) is 35.8 Å². The van der Waals surface area contributed by atoms with Gasteiger partial charge in [0.1, 0.15) is 5.69 Å². The van der Waals surface area contributed by atoms with Gasteiger partial charge in [0.05, 0.1) is 18.8 Å². The van der Waals surface area contributed by atoms with Gasteiger partial charge in [0.2, 0.25) is 0 Å². The normalized spacial score (nSPS) is 18.6. The molecule has 1 atom stereocenters. The number of rotatable bonds is 4. The summed E-state index contributed by atoms with van der Waals surface area (Å²) in [6.07, 6.45) is 7.37. The molecule has 2 aromatic heterocycles. The minimum absolute atomic E-state index is 0.0111. The van der Waals surface area contributed by atoms with Crippen molar-refractivity contribution in [2.75, 3.05) is 6.54 Å². The molecule has 1 fully saturated rings. The average molecular weight is 288 g/mol. The van der Waals surface area contributed by atoms with Crippen molar-refractivity contribution in [3.05, 3.63) is 30.4 Å². The van der Waals surface area contributed by atoms with Crippen LogP contribution in [0.15, 0.2) is 24.7 Å². The molecule has 0 saturated carbocycles. The standard InChI is InChI=1S/C14H20N6O/c1-11(2)20-8-5-13(16-20)14(21)19-7-3-4-12(19)10-18-9-6-15-17-18/h5-6,8-9,11-12H,3-4,7,10H2,1-2H3/t12-/m0/s1. The van der Waals surface area contributed by atoms with Crippen molar-refractivity contribution >= 4 is 5.91 Å². The van der Waals surface area contributed by atoms with Crippen LogP contribution in [0.4, 0.5) is 0 Å². The Morgan fingerprint density at radius 1 is 1.43 bits per heavy atom. The van der Waals surface area contributed by atoms with E-state index in [9.17, 15) is 4.79 Å². The molecule has 1 saturated heterocycles. The predicted molar refractivity (Wildman–Crippen MR) is 76.7 cm³/mol. The van der Waals surface area contributed by atoms with Crippen molar-refractivity contribution in [2.45, 2.75) is 45.3 Å². The fourth-order valence-corrected chi connectivity index (χ4v) is 2.73. The van der Waals surface area contributed by atoms with Gasteiger partial charge in [0.15, 0.2) is 0 Å². The number of amides is 1. The predicted octanol–water partition coefficient (Wildman–Crippen LogP) is 1.36. The Morgan fingerprint density at radius 2 is 2.29 bits per heavy atom. The first-order valence-corrected chi connectivity index (χ1v) is 7.35. The highest BCUT2D eigenvalue weighted by Crippen LogP contribution is 2.21. The lowest BCUT2D eigenvalue weighted by Gasteiger charge is -2.23. The number of carbonyl (C=O) groups is 1. The molecular weight excluding hydrogens is 268 g/mol. The summed E-state index contributed by atoms with van der Waals surface area (Å²) in [5.41, 5.74) is 0.522. The molecule has 0 N–H and O–H groups in total. The first kappa shape index (κ1) is 13.8. The van der Waals surface area contributed by atoms with Crippen LogP contribution in [0.2, 0.25) is 0 Å². The zero-order valence-corrected chi connectivity index (χ0v) is 12.4. The Kier molecular flexibility index (Phi) is 3.72. The quantitative estimate of drug-likeness (QED) is 0.852. The second-order valence-corrected chi connectivity index (χ2v) is 5.69. The van der Waals surface area contributed by atoms with E-state index in [1.54, 1.807) is 16.9 Å². The maximum atomic E-state index is 12.6. The van der Waals surface area contributed by atoms with Crippen molar-refractivity contribution in [1.82, 2.24) is 29.7 Å². The van der Waals surface area contributed by atoms with Crippen LogP contribution >= 0.6 is 0 Å². The zero-order chi connectivity index (χ0) is 14.8. The average Bonchev–Trinajstić information content (AvgIpc) is 3.20. The minimum atomic E-state index is 0.0111. The van der Waals surface area contributed by atoms with E-state index in [0.717, 1.165) is 19.4 Å². The number of hydrogen-bond donors (Lipinski definition) is 0. The van der Waals surface area contributed by atoms with Crippen LogP contribution < -0.4 is 0 Å². The second-order valence-electron chi connectivity index (χ2n) is 5.69. The van der Waals surface area contributed by atoms with Gasteiger partial charge >= 0.3 is 0 Å². The smallest absolute Gasteiger partial charge is 0.274 e. The van der Waals surface area contributed by atoms with Crippen LogP contribution in [-0.4, -0.2) is 48.2 Å². The van der Waals surface area contributed by atoms with Crippen molar-refractivity contribution < 1.29 is 4.79 Å². The second kappa shape index (κ2) is 5.67. The van der Waals surface area contributed by atoms with E-state index in [-0.39, 0.29) is 18.0 Å². The Balaban J connectivity index is 1.73. The van der Waals surface area contributed by atoms with Gasteiger partial charge in [0.25, 0.3) is 5.91 Å². The van der Waals surface area contributed by atoms with Gasteiger partial charge < -0.3 is 4.90 Å². The molecule has 0 radical (unpaired) electrons. The summed E-state index contributed by atoms with van der Waals surface area (Å²) >= 11 is 0. The molecule has 0 spiro atoms. The molecule has 112 valence electrons. The van der Waals surface area contributed by atoms with Gasteiger partial charge in [0, 0.05) is 25.0 Å². The van der Waals surface area contributed by atoms with Gasteiger partial charge in [-0.1, -0.05) is 5.21 Å². The van der Waals surface area contributed by atoms with Crippen molar-refractivity contribution in [3.8, 4) is 0 Å². The lowest BCUT2D eigenvalue weighted by Crippen LogP contribution is -2.38. The van der Waals surface area contributed by atoms with E-state index in [4.69, 9.17) is 0 Å². The summed E-state index contributed by atoms with van der Waals surface area (Å²) in [4.78, 5) is 14.5. The van der Waals surface area contributed by atoms with E-state index >= 15 is 0 Å². The summed E-state index contributed by atoms with van der Waals surface area (Å²) < 4.78 is 3.60. The van der Waals surface area contributed by atoms with Crippen LogP contribution in [0.25, 0.3) is 0 Å². The third kappa shape index (κ3) is 2.81. The van der Waals surface area contributed by atoms with Crippen molar-refractivity contribution in [1.29, 1.82) is 0 Å². The molecule has 7 heteroatoms. The molecule has 1 amide bonds. The Bertz CT molecular complexity index is 603. The number of hydrogen-bond acceptors (Lipinski definition) is 4. The Hall–Kier alpha value is -2.18. The molecule has 0 aliphatic carbocycles. The molecular formula is C14H20N6O. The molecule has 21 heavy (non-hydrogen) atoms. The molecule has 3 heterocycles. The van der Waals surface area contributed by atoms with E-state index in [2.05, 4.69) is 15.4 Å². The Labute approximate surface area is 123 Å². The SMILES string of the molecule is CC(C)n1ccc(C(=O)N2CCC[C@H]2Cn2ccnn2)n1. The summed E-state index contributed by atoms with van der Waals surface area (Å²) in [6, 6.07) is 2.23. The Morgan fingerprint density at radius 3 is 2.95 bits per heavy atom. The van der Waals surface area contributed by atoms with Gasteiger partial charge in [-0.05, 0) is 32.8 Å². The fourth-order valence-electron chi connectivity index (χ4n) is 2.73. The third-order valence-corrected chi connectivity index (χ3v) is 3.86. The molecule has 3 rings (SSSR count).